The van der Waals surface area contributed by atoms with Gasteiger partial charge in [0.05, 0.1) is 15.8 Å². The molecule has 3 N–H and O–H groups in total. The highest BCUT2D eigenvalue weighted by molar-refractivity contribution is 6.18. The number of nitrogens with two attached hydrogens (primary N) is 1. The first-order chi connectivity index (χ1) is 14.5. The third-order valence-corrected chi connectivity index (χ3v) is 4.96. The minimum absolute atomic E-state index is 0.00947. The molecule has 3 heterocycles. The number of aromatic nitrogens is 2. The molecule has 9 nitrogen and oxygen atoms in total. The monoisotopic (exact) mass is 397 g/mol. The highest BCUT2D eigenvalue weighted by Gasteiger charge is 2.19. The molecule has 144 valence electrons. The summed E-state index contributed by atoms with van der Waals surface area (Å²) in [7, 11) is 0. The maximum absolute atomic E-state index is 11.8. The van der Waals surface area contributed by atoms with Gasteiger partial charge in [0.1, 0.15) is 23.0 Å². The Balaban J connectivity index is 1.94. The molecular formula is C21H11N5O4. The molecule has 0 amide bonds. The summed E-state index contributed by atoms with van der Waals surface area (Å²) >= 11 is 0. The Hall–Kier alpha value is -4.71. The number of hydrogen-bond acceptors (Lipinski definition) is 7. The predicted octanol–water partition coefficient (Wildman–Crippen LogP) is 3.85. The van der Waals surface area contributed by atoms with Gasteiger partial charge in [0.25, 0.3) is 5.69 Å². The standard InChI is InChI=1S/C21H11N5O4/c22-9-15-19-18-14(8-16(24-19)10-1-3-11(4-2-10)26(28)29)13-6-5-12(27)7-17(13)30-21(18)25-20(15)23/h1-8,24H,(H2,23,25). The lowest BCUT2D eigenvalue weighted by atomic mass is 10.0. The molecule has 5 aromatic rings. The molecule has 5 rings (SSSR count). The number of anilines is 1. The Kier molecular flexibility index (Phi) is 3.56. The third-order valence-electron chi connectivity index (χ3n) is 4.96. The van der Waals surface area contributed by atoms with E-state index in [1.54, 1.807) is 18.2 Å². The number of benzene rings is 2. The minimum atomic E-state index is -0.474. The number of hydrogen-bond donors (Lipinski definition) is 2. The van der Waals surface area contributed by atoms with Crippen LogP contribution >= 0.6 is 0 Å². The van der Waals surface area contributed by atoms with Crippen LogP contribution in [0.5, 0.6) is 0 Å². The summed E-state index contributed by atoms with van der Waals surface area (Å²) in [5.74, 6) is -0.00947. The van der Waals surface area contributed by atoms with Crippen LogP contribution < -0.4 is 11.2 Å². The van der Waals surface area contributed by atoms with Crippen molar-refractivity contribution in [1.82, 2.24) is 9.97 Å². The van der Waals surface area contributed by atoms with E-state index < -0.39 is 4.92 Å². The maximum atomic E-state index is 11.8. The maximum Gasteiger partial charge on any atom is 0.269 e. The van der Waals surface area contributed by atoms with E-state index in [1.165, 1.54) is 24.3 Å². The number of nitrogens with zero attached hydrogens (tertiary/aromatic N) is 3. The smallest absolute Gasteiger partial charge is 0.269 e. The van der Waals surface area contributed by atoms with E-state index in [0.29, 0.717) is 38.5 Å². The molecule has 0 aliphatic carbocycles. The van der Waals surface area contributed by atoms with Gasteiger partial charge >= 0.3 is 0 Å². The molecule has 2 aromatic carbocycles. The summed E-state index contributed by atoms with van der Waals surface area (Å²) in [4.78, 5) is 29.7. The summed E-state index contributed by atoms with van der Waals surface area (Å²) in [6.45, 7) is 0. The summed E-state index contributed by atoms with van der Waals surface area (Å²) in [5, 5.41) is 22.5. The zero-order valence-corrected chi connectivity index (χ0v) is 15.2. The van der Waals surface area contributed by atoms with Gasteiger partial charge in [-0.1, -0.05) is 0 Å². The van der Waals surface area contributed by atoms with Crippen molar-refractivity contribution in [2.75, 3.05) is 5.73 Å². The molecule has 0 saturated heterocycles. The van der Waals surface area contributed by atoms with E-state index in [-0.39, 0.29) is 28.2 Å². The first kappa shape index (κ1) is 17.4. The molecule has 0 aliphatic rings. The van der Waals surface area contributed by atoms with E-state index in [0.717, 1.165) is 0 Å². The van der Waals surface area contributed by atoms with Crippen molar-refractivity contribution in [3.63, 3.8) is 0 Å². The van der Waals surface area contributed by atoms with Crippen molar-refractivity contribution in [1.29, 1.82) is 5.26 Å². The van der Waals surface area contributed by atoms with Gasteiger partial charge < -0.3 is 15.1 Å². The van der Waals surface area contributed by atoms with Gasteiger partial charge in [-0.15, -0.1) is 0 Å². The van der Waals surface area contributed by atoms with Crippen LogP contribution in [0.4, 0.5) is 11.5 Å². The van der Waals surface area contributed by atoms with E-state index in [1.807, 2.05) is 6.07 Å². The number of rotatable bonds is 2. The SMILES string of the molecule is N#Cc1c(N)nc2oc3cc(=O)ccc3c3cc(-c4ccc([N+](=O)[O-])cc4)[nH]c1c23. The van der Waals surface area contributed by atoms with Crippen LogP contribution in [0.15, 0.2) is 57.7 Å². The Morgan fingerprint density at radius 3 is 2.60 bits per heavy atom. The van der Waals surface area contributed by atoms with Crippen molar-refractivity contribution < 1.29 is 9.34 Å². The molecule has 0 fully saturated rings. The Morgan fingerprint density at radius 2 is 1.90 bits per heavy atom. The van der Waals surface area contributed by atoms with Gasteiger partial charge in [-0.25, -0.2) is 0 Å². The number of nitro groups is 1. The van der Waals surface area contributed by atoms with Gasteiger partial charge in [-0.3, -0.25) is 14.9 Å². The van der Waals surface area contributed by atoms with E-state index in [2.05, 4.69) is 16.0 Å². The number of nitrogen functional groups attached to an aromatic ring is 1. The van der Waals surface area contributed by atoms with E-state index >= 15 is 0 Å². The molecule has 3 aromatic heterocycles. The average Bonchev–Trinajstić information content (AvgIpc) is 2.73. The fourth-order valence-corrected chi connectivity index (χ4v) is 3.57. The summed E-state index contributed by atoms with van der Waals surface area (Å²) in [6.07, 6.45) is 0. The fraction of sp³-hybridized carbons (Fsp3) is 0. The second-order valence-corrected chi connectivity index (χ2v) is 6.70. The predicted molar refractivity (Wildman–Crippen MR) is 111 cm³/mol. The van der Waals surface area contributed by atoms with Crippen molar-refractivity contribution in [2.45, 2.75) is 0 Å². The van der Waals surface area contributed by atoms with Crippen molar-refractivity contribution in [3.05, 3.63) is 74.4 Å². The molecular weight excluding hydrogens is 386 g/mol. The van der Waals surface area contributed by atoms with Gasteiger partial charge in [-0.05, 0) is 35.9 Å². The lowest BCUT2D eigenvalue weighted by Gasteiger charge is -2.13. The Morgan fingerprint density at radius 1 is 1.13 bits per heavy atom. The quantitative estimate of drug-likeness (QED) is 0.198. The van der Waals surface area contributed by atoms with Crippen LogP contribution in [0.3, 0.4) is 0 Å². The number of nitriles is 1. The topological polar surface area (TPSA) is 152 Å². The van der Waals surface area contributed by atoms with Crippen LogP contribution in [0.2, 0.25) is 0 Å². The normalized spacial score (nSPS) is 11.2. The Labute approximate surface area is 167 Å². The zero-order valence-electron chi connectivity index (χ0n) is 15.2. The number of non-ortho nitro benzene ring substituents is 1. The minimum Gasteiger partial charge on any atom is -0.437 e. The van der Waals surface area contributed by atoms with Crippen LogP contribution in [0.25, 0.3) is 44.2 Å². The summed E-state index contributed by atoms with van der Waals surface area (Å²) in [5.41, 5.74) is 8.14. The van der Waals surface area contributed by atoms with Gasteiger partial charge in [0, 0.05) is 34.7 Å². The van der Waals surface area contributed by atoms with Gasteiger partial charge in [0.15, 0.2) is 5.43 Å². The molecule has 0 aliphatic heterocycles. The largest absolute Gasteiger partial charge is 0.437 e. The first-order valence-corrected chi connectivity index (χ1v) is 8.80. The molecule has 0 bridgehead atoms. The zero-order chi connectivity index (χ0) is 21.0. The molecule has 0 radical (unpaired) electrons. The van der Waals surface area contributed by atoms with E-state index in [9.17, 15) is 20.2 Å². The number of nitro benzene ring substituents is 1. The number of fused-ring (bicyclic) bond motifs is 2. The molecule has 30 heavy (non-hydrogen) atoms. The van der Waals surface area contributed by atoms with Crippen molar-refractivity contribution in [2.24, 2.45) is 0 Å². The summed E-state index contributed by atoms with van der Waals surface area (Å²) in [6, 6.07) is 14.4. The van der Waals surface area contributed by atoms with Crippen LogP contribution in [-0.4, -0.2) is 14.9 Å². The molecule has 9 heteroatoms. The second-order valence-electron chi connectivity index (χ2n) is 6.70. The van der Waals surface area contributed by atoms with Crippen molar-refractivity contribution in [3.8, 4) is 17.3 Å². The fourth-order valence-electron chi connectivity index (χ4n) is 3.57. The number of nitrogens with one attached hydrogen (secondary N) is 1. The number of pyridine rings is 2. The highest BCUT2D eigenvalue weighted by atomic mass is 16.6. The molecule has 0 unspecified atom stereocenters. The number of aromatic amines is 1. The average molecular weight is 397 g/mol. The van der Waals surface area contributed by atoms with Crippen LogP contribution in [0.1, 0.15) is 5.56 Å². The molecule has 0 atom stereocenters. The second kappa shape index (κ2) is 6.15. The number of H-pyrrole nitrogens is 1. The van der Waals surface area contributed by atoms with Gasteiger partial charge in [0.2, 0.25) is 5.71 Å². The molecule has 0 spiro atoms. The molecule has 0 saturated carbocycles. The lowest BCUT2D eigenvalue weighted by Crippen LogP contribution is -2.01. The first-order valence-electron chi connectivity index (χ1n) is 8.80. The lowest BCUT2D eigenvalue weighted by molar-refractivity contribution is -0.384. The van der Waals surface area contributed by atoms with Crippen molar-refractivity contribution >= 4 is 44.5 Å². The highest BCUT2D eigenvalue weighted by Crippen LogP contribution is 2.37. The summed E-state index contributed by atoms with van der Waals surface area (Å²) < 4.78 is 5.80. The van der Waals surface area contributed by atoms with E-state index in [4.69, 9.17) is 10.2 Å². The Bertz CT molecular complexity index is 1610. The van der Waals surface area contributed by atoms with Crippen LogP contribution in [-0.2, 0) is 0 Å². The van der Waals surface area contributed by atoms with Gasteiger partial charge in [-0.2, -0.15) is 10.2 Å². The van der Waals surface area contributed by atoms with Crippen LogP contribution in [0, 0.1) is 21.4 Å². The third kappa shape index (κ3) is 2.48.